The van der Waals surface area contributed by atoms with Gasteiger partial charge in [0.2, 0.25) is 0 Å². The van der Waals surface area contributed by atoms with E-state index in [1.807, 2.05) is 32.0 Å². The Hall–Kier alpha value is -3.40. The highest BCUT2D eigenvalue weighted by Crippen LogP contribution is 2.19. The van der Waals surface area contributed by atoms with Gasteiger partial charge in [-0.05, 0) is 43.5 Å². The number of esters is 1. The van der Waals surface area contributed by atoms with Gasteiger partial charge >= 0.3 is 12.1 Å². The second-order valence-corrected chi connectivity index (χ2v) is 9.56. The number of ether oxygens (including phenoxy) is 2. The molecule has 0 radical (unpaired) electrons. The number of hydrogen-bond acceptors (Lipinski definition) is 7. The summed E-state index contributed by atoms with van der Waals surface area (Å²) < 4.78 is 37.1. The van der Waals surface area contributed by atoms with E-state index in [1.165, 1.54) is 25.1 Å². The van der Waals surface area contributed by atoms with Crippen LogP contribution in [-0.4, -0.2) is 61.8 Å². The topological polar surface area (TPSA) is 110 Å². The highest BCUT2D eigenvalue weighted by atomic mass is 32.2. The van der Waals surface area contributed by atoms with Gasteiger partial charge in [0.05, 0.1) is 10.5 Å². The monoisotopic (exact) mass is 504 g/mol. The van der Waals surface area contributed by atoms with E-state index in [4.69, 9.17) is 9.47 Å². The van der Waals surface area contributed by atoms with E-state index >= 15 is 0 Å². The second kappa shape index (κ2) is 13.5. The molecule has 190 valence electrons. The Morgan fingerprint density at radius 2 is 1.51 bits per heavy atom. The van der Waals surface area contributed by atoms with Crippen LogP contribution in [0.2, 0.25) is 0 Å². The molecule has 2 rings (SSSR count). The van der Waals surface area contributed by atoms with Crippen molar-refractivity contribution in [2.75, 3.05) is 26.2 Å². The number of benzene rings is 2. The van der Waals surface area contributed by atoms with Gasteiger partial charge in [-0.15, -0.1) is 0 Å². The lowest BCUT2D eigenvalue weighted by Gasteiger charge is -2.23. The molecular formula is C25H32N2O7S. The predicted octanol–water partition coefficient (Wildman–Crippen LogP) is 3.84. The van der Waals surface area contributed by atoms with E-state index in [0.717, 1.165) is 24.5 Å². The molecule has 2 aromatic rings. The van der Waals surface area contributed by atoms with E-state index in [0.29, 0.717) is 17.4 Å². The zero-order valence-electron chi connectivity index (χ0n) is 20.3. The molecule has 9 nitrogen and oxygen atoms in total. The third kappa shape index (κ3) is 7.81. The molecule has 0 atom stereocenters. The number of rotatable bonds is 12. The maximum Gasteiger partial charge on any atom is 0.424 e. The first-order valence-electron chi connectivity index (χ1n) is 11.5. The minimum Gasteiger partial charge on any atom is -0.457 e. The molecular weight excluding hydrogens is 472 g/mol. The Morgan fingerprint density at radius 3 is 2.11 bits per heavy atom. The van der Waals surface area contributed by atoms with Crippen molar-refractivity contribution >= 4 is 28.0 Å². The Balaban J connectivity index is 2.10. The molecule has 35 heavy (non-hydrogen) atoms. The number of carbonyl (C=O) groups excluding carboxylic acids is 3. The molecule has 0 unspecified atom stereocenters. The van der Waals surface area contributed by atoms with Crippen LogP contribution in [0.25, 0.3) is 0 Å². The van der Waals surface area contributed by atoms with E-state index in [9.17, 15) is 22.8 Å². The van der Waals surface area contributed by atoms with Gasteiger partial charge in [-0.1, -0.05) is 50.2 Å². The van der Waals surface area contributed by atoms with Gasteiger partial charge in [-0.3, -0.25) is 4.79 Å². The van der Waals surface area contributed by atoms with Crippen molar-refractivity contribution in [1.29, 1.82) is 0 Å². The summed E-state index contributed by atoms with van der Waals surface area (Å²) in [5.74, 6) is -1.09. The minimum atomic E-state index is -4.34. The Labute approximate surface area is 206 Å². The number of amides is 2. The first-order chi connectivity index (χ1) is 16.7. The average molecular weight is 505 g/mol. The smallest absolute Gasteiger partial charge is 0.424 e. The number of nitrogens with zero attached hydrogens (tertiary/aromatic N) is 2. The van der Waals surface area contributed by atoms with Crippen molar-refractivity contribution < 1.29 is 32.3 Å². The Bertz CT molecular complexity index is 1100. The van der Waals surface area contributed by atoms with Crippen LogP contribution >= 0.6 is 0 Å². The van der Waals surface area contributed by atoms with Crippen LogP contribution in [0.3, 0.4) is 0 Å². The maximum absolute atomic E-state index is 13.1. The predicted molar refractivity (Wildman–Crippen MR) is 130 cm³/mol. The first kappa shape index (κ1) is 27.8. The fraction of sp³-hybridized carbons (Fsp3) is 0.400. The van der Waals surface area contributed by atoms with Gasteiger partial charge in [-0.2, -0.15) is 0 Å². The van der Waals surface area contributed by atoms with E-state index < -0.39 is 34.6 Å². The van der Waals surface area contributed by atoms with E-state index in [-0.39, 0.29) is 23.6 Å². The molecule has 0 fully saturated rings. The van der Waals surface area contributed by atoms with Crippen LogP contribution in [0.5, 0.6) is 0 Å². The third-order valence-corrected chi connectivity index (χ3v) is 6.86. The Kier molecular flexibility index (Phi) is 10.7. The fourth-order valence-corrected chi connectivity index (χ4v) is 4.67. The summed E-state index contributed by atoms with van der Waals surface area (Å²) in [5, 5.41) is 0. The van der Waals surface area contributed by atoms with E-state index in [1.54, 1.807) is 17.0 Å². The molecule has 2 aromatic carbocycles. The van der Waals surface area contributed by atoms with Gasteiger partial charge in [0.25, 0.3) is 15.9 Å². The number of carbonyl (C=O) groups is 3. The minimum absolute atomic E-state index is 0.0244. The lowest BCUT2D eigenvalue weighted by atomic mass is 10.2. The van der Waals surface area contributed by atoms with Crippen LogP contribution in [-0.2, 0) is 30.9 Å². The van der Waals surface area contributed by atoms with Crippen molar-refractivity contribution in [3.05, 3.63) is 65.7 Å². The average Bonchev–Trinajstić information content (AvgIpc) is 2.86. The molecule has 0 heterocycles. The van der Waals surface area contributed by atoms with Crippen molar-refractivity contribution in [1.82, 2.24) is 9.21 Å². The standard InChI is InChI=1S/C25H32N2O7S/c1-4-15-26(16-5-2)23(28)19-34-25(30)27(6-3)35(31,32)22-14-10-13-21(17-22)24(29)33-18-20-11-8-7-9-12-20/h7-14,17H,4-6,15-16,18-19H2,1-3H3. The fourth-order valence-electron chi connectivity index (χ4n) is 3.30. The SMILES string of the molecule is CCCN(CCC)C(=O)COC(=O)N(CC)S(=O)(=O)c1cccc(C(=O)OCc2ccccc2)c1. The summed E-state index contributed by atoms with van der Waals surface area (Å²) in [6.45, 7) is 5.63. The summed E-state index contributed by atoms with van der Waals surface area (Å²) in [4.78, 5) is 38.7. The van der Waals surface area contributed by atoms with Crippen molar-refractivity contribution in [2.45, 2.75) is 45.1 Å². The van der Waals surface area contributed by atoms with Crippen LogP contribution < -0.4 is 0 Å². The van der Waals surface area contributed by atoms with Crippen molar-refractivity contribution in [2.24, 2.45) is 0 Å². The van der Waals surface area contributed by atoms with Crippen LogP contribution in [0, 0.1) is 0 Å². The lowest BCUT2D eigenvalue weighted by molar-refractivity contribution is -0.134. The molecule has 0 aliphatic carbocycles. The van der Waals surface area contributed by atoms with Crippen molar-refractivity contribution in [3.63, 3.8) is 0 Å². The second-order valence-electron chi connectivity index (χ2n) is 7.69. The molecule has 0 aromatic heterocycles. The highest BCUT2D eigenvalue weighted by Gasteiger charge is 2.30. The molecule has 0 N–H and O–H groups in total. The highest BCUT2D eigenvalue weighted by molar-refractivity contribution is 7.89. The molecule has 0 spiro atoms. The summed E-state index contributed by atoms with van der Waals surface area (Å²) >= 11 is 0. The van der Waals surface area contributed by atoms with E-state index in [2.05, 4.69) is 0 Å². The van der Waals surface area contributed by atoms with Gasteiger partial charge in [0, 0.05) is 19.6 Å². The molecule has 0 aliphatic rings. The zero-order chi connectivity index (χ0) is 25.8. The summed E-state index contributed by atoms with van der Waals surface area (Å²) in [6.07, 6.45) is 0.337. The molecule has 0 saturated heterocycles. The zero-order valence-corrected chi connectivity index (χ0v) is 21.1. The van der Waals surface area contributed by atoms with Gasteiger partial charge < -0.3 is 14.4 Å². The summed E-state index contributed by atoms with van der Waals surface area (Å²) in [5.41, 5.74) is 0.812. The van der Waals surface area contributed by atoms with Crippen LogP contribution in [0.4, 0.5) is 4.79 Å². The molecule has 0 saturated carbocycles. The number of sulfonamides is 1. The first-order valence-corrected chi connectivity index (χ1v) is 13.0. The van der Waals surface area contributed by atoms with Crippen molar-refractivity contribution in [3.8, 4) is 0 Å². The normalized spacial score (nSPS) is 10.9. The molecule has 10 heteroatoms. The van der Waals surface area contributed by atoms with Gasteiger partial charge in [0.15, 0.2) is 6.61 Å². The number of hydrogen-bond donors (Lipinski definition) is 0. The maximum atomic E-state index is 13.1. The quantitative estimate of drug-likeness (QED) is 0.404. The van der Waals surface area contributed by atoms with Crippen LogP contribution in [0.15, 0.2) is 59.5 Å². The van der Waals surface area contributed by atoms with Gasteiger partial charge in [0.1, 0.15) is 6.61 Å². The molecule has 0 bridgehead atoms. The molecule has 2 amide bonds. The molecule has 0 aliphatic heterocycles. The lowest BCUT2D eigenvalue weighted by Crippen LogP contribution is -2.40. The summed E-state index contributed by atoms with van der Waals surface area (Å²) in [6, 6.07) is 14.3. The van der Waals surface area contributed by atoms with Gasteiger partial charge in [-0.25, -0.2) is 22.3 Å². The van der Waals surface area contributed by atoms with Crippen LogP contribution in [0.1, 0.15) is 49.5 Å². The Morgan fingerprint density at radius 1 is 0.857 bits per heavy atom. The third-order valence-electron chi connectivity index (χ3n) is 5.02. The summed E-state index contributed by atoms with van der Waals surface area (Å²) in [7, 11) is -4.34. The largest absolute Gasteiger partial charge is 0.457 e.